The Morgan fingerprint density at radius 1 is 1.53 bits per heavy atom. The van der Waals surface area contributed by atoms with Gasteiger partial charge in [0.15, 0.2) is 6.10 Å². The van der Waals surface area contributed by atoms with Crippen LogP contribution in [0.15, 0.2) is 18.2 Å². The molecule has 0 saturated heterocycles. The summed E-state index contributed by atoms with van der Waals surface area (Å²) >= 11 is 0. The summed E-state index contributed by atoms with van der Waals surface area (Å²) < 4.78 is 5.42. The first kappa shape index (κ1) is 14.6. The van der Waals surface area contributed by atoms with E-state index in [0.717, 1.165) is 0 Å². The molecule has 0 aromatic heterocycles. The average Bonchev–Trinajstić information content (AvgIpc) is 2.35. The number of carbonyl (C=O) groups is 2. The number of carbonyl (C=O) groups excluding carboxylic acids is 1. The molecule has 5 nitrogen and oxygen atoms in total. The van der Waals surface area contributed by atoms with E-state index in [1.165, 1.54) is 12.1 Å². The van der Waals surface area contributed by atoms with Gasteiger partial charge in [-0.3, -0.25) is 4.79 Å². The van der Waals surface area contributed by atoms with Gasteiger partial charge in [0.1, 0.15) is 5.75 Å². The lowest BCUT2D eigenvalue weighted by atomic mass is 10.1. The molecule has 1 unspecified atom stereocenters. The molecule has 5 heteroatoms. The topological polar surface area (TPSA) is 75.6 Å². The van der Waals surface area contributed by atoms with Crippen molar-refractivity contribution in [1.29, 1.82) is 0 Å². The van der Waals surface area contributed by atoms with E-state index in [4.69, 9.17) is 16.3 Å². The molecule has 100 valence electrons. The maximum Gasteiger partial charge on any atom is 0.335 e. The second-order valence-corrected chi connectivity index (χ2v) is 3.96. The standard InChI is InChI=1S/C14H15NO4/c1-4-7-15-13(16)10(3)19-11-5-6-12(14(17)18)9(2)8-11/h1,5-6,8,10H,7H2,2-3H3,(H,15,16)(H,17,18). The molecule has 1 rings (SSSR count). The fourth-order valence-corrected chi connectivity index (χ4v) is 1.49. The third kappa shape index (κ3) is 4.03. The second kappa shape index (κ2) is 6.45. The molecule has 1 atom stereocenters. The maximum atomic E-state index is 11.5. The van der Waals surface area contributed by atoms with Crippen LogP contribution >= 0.6 is 0 Å². The molecular weight excluding hydrogens is 246 g/mol. The van der Waals surface area contributed by atoms with Gasteiger partial charge in [-0.05, 0) is 37.6 Å². The van der Waals surface area contributed by atoms with Crippen LogP contribution in [0.4, 0.5) is 0 Å². The Morgan fingerprint density at radius 2 is 2.21 bits per heavy atom. The van der Waals surface area contributed by atoms with Gasteiger partial charge in [-0.2, -0.15) is 0 Å². The molecule has 2 N–H and O–H groups in total. The highest BCUT2D eigenvalue weighted by molar-refractivity contribution is 5.89. The van der Waals surface area contributed by atoms with Crippen LogP contribution in [0.2, 0.25) is 0 Å². The van der Waals surface area contributed by atoms with E-state index < -0.39 is 12.1 Å². The van der Waals surface area contributed by atoms with Crippen LogP contribution in [0, 0.1) is 19.3 Å². The molecule has 0 heterocycles. The highest BCUT2D eigenvalue weighted by Crippen LogP contribution is 2.18. The van der Waals surface area contributed by atoms with Crippen molar-refractivity contribution in [3.8, 4) is 18.1 Å². The number of benzene rings is 1. The first-order valence-corrected chi connectivity index (χ1v) is 5.67. The number of rotatable bonds is 5. The van der Waals surface area contributed by atoms with Gasteiger partial charge in [0.25, 0.3) is 5.91 Å². The highest BCUT2D eigenvalue weighted by atomic mass is 16.5. The van der Waals surface area contributed by atoms with E-state index >= 15 is 0 Å². The summed E-state index contributed by atoms with van der Waals surface area (Å²) in [5.74, 6) is 1.41. The zero-order valence-corrected chi connectivity index (χ0v) is 10.8. The molecule has 0 fully saturated rings. The van der Waals surface area contributed by atoms with Crippen LogP contribution < -0.4 is 10.1 Å². The van der Waals surface area contributed by atoms with Crippen LogP contribution in [-0.2, 0) is 4.79 Å². The molecule has 0 aliphatic carbocycles. The van der Waals surface area contributed by atoms with Crippen LogP contribution in [0.3, 0.4) is 0 Å². The Morgan fingerprint density at radius 3 is 2.74 bits per heavy atom. The van der Waals surface area contributed by atoms with Crippen molar-refractivity contribution in [2.24, 2.45) is 0 Å². The average molecular weight is 261 g/mol. The summed E-state index contributed by atoms with van der Waals surface area (Å²) in [5.41, 5.74) is 0.776. The normalized spacial score (nSPS) is 11.2. The number of aryl methyl sites for hydroxylation is 1. The largest absolute Gasteiger partial charge is 0.481 e. The predicted molar refractivity (Wildman–Crippen MR) is 70.1 cm³/mol. The summed E-state index contributed by atoms with van der Waals surface area (Å²) in [6.45, 7) is 3.40. The zero-order chi connectivity index (χ0) is 14.4. The minimum Gasteiger partial charge on any atom is -0.481 e. The molecule has 0 bridgehead atoms. The van der Waals surface area contributed by atoms with E-state index in [1.54, 1.807) is 19.9 Å². The van der Waals surface area contributed by atoms with E-state index in [9.17, 15) is 9.59 Å². The second-order valence-electron chi connectivity index (χ2n) is 3.96. The molecule has 0 aliphatic heterocycles. The molecule has 0 spiro atoms. The number of carboxylic acid groups (broad SMARTS) is 1. The Labute approximate surface area is 111 Å². The van der Waals surface area contributed by atoms with Crippen molar-refractivity contribution in [1.82, 2.24) is 5.32 Å². The Bertz CT molecular complexity index is 531. The van der Waals surface area contributed by atoms with Gasteiger partial charge in [-0.25, -0.2) is 4.79 Å². The molecule has 19 heavy (non-hydrogen) atoms. The summed E-state index contributed by atoms with van der Waals surface area (Å²) in [4.78, 5) is 22.4. The smallest absolute Gasteiger partial charge is 0.335 e. The van der Waals surface area contributed by atoms with Crippen molar-refractivity contribution in [2.75, 3.05) is 6.54 Å². The van der Waals surface area contributed by atoms with Crippen molar-refractivity contribution >= 4 is 11.9 Å². The summed E-state index contributed by atoms with van der Waals surface area (Å²) in [6.07, 6.45) is 4.33. The number of ether oxygens (including phenoxy) is 1. The molecule has 1 aromatic carbocycles. The molecule has 0 saturated carbocycles. The van der Waals surface area contributed by atoms with Gasteiger partial charge in [0, 0.05) is 0 Å². The molecule has 1 amide bonds. The Balaban J connectivity index is 2.73. The lowest BCUT2D eigenvalue weighted by molar-refractivity contribution is -0.127. The van der Waals surface area contributed by atoms with Gasteiger partial charge in [0.2, 0.25) is 0 Å². The van der Waals surface area contributed by atoms with Gasteiger partial charge < -0.3 is 15.2 Å². The number of terminal acetylenes is 1. The number of amides is 1. The maximum absolute atomic E-state index is 11.5. The number of hydrogen-bond donors (Lipinski definition) is 2. The number of carboxylic acids is 1. The van der Waals surface area contributed by atoms with Crippen LogP contribution in [0.1, 0.15) is 22.8 Å². The molecule has 1 aromatic rings. The lowest BCUT2D eigenvalue weighted by Gasteiger charge is -2.14. The van der Waals surface area contributed by atoms with Crippen molar-refractivity contribution in [3.05, 3.63) is 29.3 Å². The van der Waals surface area contributed by atoms with E-state index in [-0.39, 0.29) is 18.0 Å². The Hall–Kier alpha value is -2.48. The third-order valence-corrected chi connectivity index (χ3v) is 2.48. The first-order chi connectivity index (χ1) is 8.95. The quantitative estimate of drug-likeness (QED) is 0.781. The minimum absolute atomic E-state index is 0.142. The number of aromatic carboxylic acids is 1. The zero-order valence-electron chi connectivity index (χ0n) is 10.8. The number of hydrogen-bond acceptors (Lipinski definition) is 3. The van der Waals surface area contributed by atoms with E-state index in [2.05, 4.69) is 11.2 Å². The first-order valence-electron chi connectivity index (χ1n) is 5.67. The highest BCUT2D eigenvalue weighted by Gasteiger charge is 2.15. The van der Waals surface area contributed by atoms with Crippen molar-refractivity contribution in [3.63, 3.8) is 0 Å². The summed E-state index contributed by atoms with van der Waals surface area (Å²) in [5, 5.41) is 11.4. The fraction of sp³-hybridized carbons (Fsp3) is 0.286. The third-order valence-electron chi connectivity index (χ3n) is 2.48. The lowest BCUT2D eigenvalue weighted by Crippen LogP contribution is -2.36. The van der Waals surface area contributed by atoms with E-state index in [1.807, 2.05) is 0 Å². The van der Waals surface area contributed by atoms with Gasteiger partial charge in [-0.15, -0.1) is 6.42 Å². The Kier molecular flexibility index (Phi) is 4.95. The van der Waals surface area contributed by atoms with Crippen molar-refractivity contribution < 1.29 is 19.4 Å². The van der Waals surface area contributed by atoms with Crippen molar-refractivity contribution in [2.45, 2.75) is 20.0 Å². The van der Waals surface area contributed by atoms with Crippen LogP contribution in [0.5, 0.6) is 5.75 Å². The van der Waals surface area contributed by atoms with Gasteiger partial charge in [-0.1, -0.05) is 5.92 Å². The molecular formula is C14H15NO4. The molecule has 0 radical (unpaired) electrons. The predicted octanol–water partition coefficient (Wildman–Crippen LogP) is 1.21. The summed E-state index contributed by atoms with van der Waals surface area (Å²) in [7, 11) is 0. The fourth-order valence-electron chi connectivity index (χ4n) is 1.49. The summed E-state index contributed by atoms with van der Waals surface area (Å²) in [6, 6.07) is 4.54. The SMILES string of the molecule is C#CCNC(=O)C(C)Oc1ccc(C(=O)O)c(C)c1. The number of nitrogens with one attached hydrogen (secondary N) is 1. The van der Waals surface area contributed by atoms with Crippen LogP contribution in [-0.4, -0.2) is 29.6 Å². The monoisotopic (exact) mass is 261 g/mol. The minimum atomic E-state index is -0.996. The van der Waals surface area contributed by atoms with Gasteiger partial charge >= 0.3 is 5.97 Å². The molecule has 0 aliphatic rings. The van der Waals surface area contributed by atoms with Crippen LogP contribution in [0.25, 0.3) is 0 Å². The van der Waals surface area contributed by atoms with Gasteiger partial charge in [0.05, 0.1) is 12.1 Å². The van der Waals surface area contributed by atoms with E-state index in [0.29, 0.717) is 11.3 Å².